The molecular weight excluding hydrogens is 270 g/mol. The molecule has 1 heterocycles. The number of rotatable bonds is 7. The van der Waals surface area contributed by atoms with Crippen molar-refractivity contribution in [3.63, 3.8) is 0 Å². The first-order valence-electron chi connectivity index (χ1n) is 6.78. The minimum atomic E-state index is -0.694. The summed E-state index contributed by atoms with van der Waals surface area (Å²) in [6.07, 6.45) is 8.19. The standard InChI is InChI=1S/C15H21N3OS/c1-13(17-8-3-11-20(2)19)14-4-6-15(7-5-14)18-10-9-16-12-18/h4-7,9-10,12-13,17H,3,8,11H2,1-2H3. The van der Waals surface area contributed by atoms with Crippen molar-refractivity contribution >= 4 is 10.8 Å². The van der Waals surface area contributed by atoms with Crippen molar-refractivity contribution in [2.75, 3.05) is 18.6 Å². The lowest BCUT2D eigenvalue weighted by Crippen LogP contribution is -2.21. The summed E-state index contributed by atoms with van der Waals surface area (Å²) >= 11 is 0. The van der Waals surface area contributed by atoms with Gasteiger partial charge in [0.1, 0.15) is 0 Å². The van der Waals surface area contributed by atoms with E-state index in [1.54, 1.807) is 18.8 Å². The first kappa shape index (κ1) is 14.9. The Morgan fingerprint density at radius 2 is 2.10 bits per heavy atom. The second-order valence-corrected chi connectivity index (χ2v) is 6.42. The molecule has 2 unspecified atom stereocenters. The maximum atomic E-state index is 11.0. The number of hydrogen-bond donors (Lipinski definition) is 1. The molecule has 0 saturated carbocycles. The molecule has 2 atom stereocenters. The molecule has 1 aromatic heterocycles. The summed E-state index contributed by atoms with van der Waals surface area (Å²) in [4.78, 5) is 4.05. The van der Waals surface area contributed by atoms with Crippen molar-refractivity contribution in [1.82, 2.24) is 14.9 Å². The largest absolute Gasteiger partial charge is 0.310 e. The summed E-state index contributed by atoms with van der Waals surface area (Å²) in [6, 6.07) is 8.75. The Morgan fingerprint density at radius 3 is 2.70 bits per heavy atom. The van der Waals surface area contributed by atoms with E-state index in [4.69, 9.17) is 0 Å². The molecule has 1 N–H and O–H groups in total. The Labute approximate surface area is 122 Å². The van der Waals surface area contributed by atoms with Gasteiger partial charge < -0.3 is 9.88 Å². The molecular formula is C15H21N3OS. The van der Waals surface area contributed by atoms with E-state index in [1.165, 1.54) is 5.56 Å². The Hall–Kier alpha value is -1.46. The normalized spacial score (nSPS) is 14.1. The monoisotopic (exact) mass is 291 g/mol. The summed E-state index contributed by atoms with van der Waals surface area (Å²) in [7, 11) is -0.694. The lowest BCUT2D eigenvalue weighted by atomic mass is 10.1. The van der Waals surface area contributed by atoms with Gasteiger partial charge in [-0.1, -0.05) is 12.1 Å². The van der Waals surface area contributed by atoms with Crippen LogP contribution in [0.3, 0.4) is 0 Å². The number of hydrogen-bond acceptors (Lipinski definition) is 3. The van der Waals surface area contributed by atoms with E-state index in [0.29, 0.717) is 6.04 Å². The quantitative estimate of drug-likeness (QED) is 0.796. The highest BCUT2D eigenvalue weighted by Crippen LogP contribution is 2.15. The van der Waals surface area contributed by atoms with Gasteiger partial charge in [0, 0.05) is 46.9 Å². The van der Waals surface area contributed by atoms with Gasteiger partial charge in [-0.15, -0.1) is 0 Å². The molecule has 1 aromatic carbocycles. The van der Waals surface area contributed by atoms with E-state index in [0.717, 1.165) is 24.4 Å². The number of aromatic nitrogens is 2. The van der Waals surface area contributed by atoms with Crippen LogP contribution < -0.4 is 5.32 Å². The van der Waals surface area contributed by atoms with Crippen LogP contribution in [0.4, 0.5) is 0 Å². The molecule has 0 radical (unpaired) electrons. The molecule has 0 fully saturated rings. The summed E-state index contributed by atoms with van der Waals surface area (Å²) in [6.45, 7) is 3.04. The third-order valence-electron chi connectivity index (χ3n) is 3.25. The number of benzene rings is 1. The molecule has 108 valence electrons. The fraction of sp³-hybridized carbons (Fsp3) is 0.400. The van der Waals surface area contributed by atoms with Crippen LogP contribution in [0.5, 0.6) is 0 Å². The van der Waals surface area contributed by atoms with E-state index in [1.807, 2.05) is 10.8 Å². The van der Waals surface area contributed by atoms with E-state index >= 15 is 0 Å². The van der Waals surface area contributed by atoms with Gasteiger partial charge in [-0.05, 0) is 37.6 Å². The summed E-state index contributed by atoms with van der Waals surface area (Å²) in [5, 5.41) is 3.45. The van der Waals surface area contributed by atoms with Crippen molar-refractivity contribution in [1.29, 1.82) is 0 Å². The zero-order chi connectivity index (χ0) is 14.4. The Bertz CT molecular complexity index is 537. The molecule has 0 aliphatic heterocycles. The molecule has 0 bridgehead atoms. The van der Waals surface area contributed by atoms with E-state index in [-0.39, 0.29) is 0 Å². The molecule has 2 rings (SSSR count). The van der Waals surface area contributed by atoms with Crippen LogP contribution in [-0.2, 0) is 10.8 Å². The van der Waals surface area contributed by atoms with Gasteiger partial charge in [0.15, 0.2) is 0 Å². The van der Waals surface area contributed by atoms with Gasteiger partial charge in [0.05, 0.1) is 6.33 Å². The van der Waals surface area contributed by atoms with Crippen molar-refractivity contribution in [2.24, 2.45) is 0 Å². The first-order chi connectivity index (χ1) is 9.66. The lowest BCUT2D eigenvalue weighted by molar-refractivity contribution is 0.570. The zero-order valence-electron chi connectivity index (χ0n) is 12.0. The molecule has 5 heteroatoms. The Balaban J connectivity index is 1.87. The minimum Gasteiger partial charge on any atom is -0.310 e. The fourth-order valence-electron chi connectivity index (χ4n) is 2.06. The van der Waals surface area contributed by atoms with Crippen LogP contribution in [0.25, 0.3) is 5.69 Å². The molecule has 0 spiro atoms. The van der Waals surface area contributed by atoms with E-state index in [2.05, 4.69) is 41.5 Å². The van der Waals surface area contributed by atoms with Gasteiger partial charge in [0.2, 0.25) is 0 Å². The van der Waals surface area contributed by atoms with Crippen molar-refractivity contribution in [2.45, 2.75) is 19.4 Å². The summed E-state index contributed by atoms with van der Waals surface area (Å²) in [5.74, 6) is 0.763. The van der Waals surface area contributed by atoms with Crippen LogP contribution in [0.15, 0.2) is 43.0 Å². The average Bonchev–Trinajstić information content (AvgIpc) is 2.97. The predicted molar refractivity (Wildman–Crippen MR) is 83.5 cm³/mol. The van der Waals surface area contributed by atoms with Crippen molar-refractivity contribution in [3.05, 3.63) is 48.5 Å². The number of imidazole rings is 1. The second kappa shape index (κ2) is 7.36. The molecule has 20 heavy (non-hydrogen) atoms. The van der Waals surface area contributed by atoms with Crippen LogP contribution in [-0.4, -0.2) is 32.3 Å². The van der Waals surface area contributed by atoms with Gasteiger partial charge >= 0.3 is 0 Å². The van der Waals surface area contributed by atoms with Crippen LogP contribution in [0.2, 0.25) is 0 Å². The third-order valence-corrected chi connectivity index (χ3v) is 4.12. The molecule has 2 aromatic rings. The summed E-state index contributed by atoms with van der Waals surface area (Å²) in [5.41, 5.74) is 2.37. The average molecular weight is 291 g/mol. The van der Waals surface area contributed by atoms with E-state index < -0.39 is 10.8 Å². The van der Waals surface area contributed by atoms with E-state index in [9.17, 15) is 4.21 Å². The van der Waals surface area contributed by atoms with Crippen molar-refractivity contribution < 1.29 is 4.21 Å². The van der Waals surface area contributed by atoms with Gasteiger partial charge in [0.25, 0.3) is 0 Å². The van der Waals surface area contributed by atoms with Gasteiger partial charge in [-0.25, -0.2) is 4.98 Å². The zero-order valence-corrected chi connectivity index (χ0v) is 12.8. The van der Waals surface area contributed by atoms with Crippen LogP contribution in [0.1, 0.15) is 24.9 Å². The number of nitrogens with one attached hydrogen (secondary N) is 1. The van der Waals surface area contributed by atoms with Crippen molar-refractivity contribution in [3.8, 4) is 5.69 Å². The molecule has 0 saturated heterocycles. The second-order valence-electron chi connectivity index (χ2n) is 4.87. The molecule has 0 amide bonds. The molecule has 4 nitrogen and oxygen atoms in total. The maximum Gasteiger partial charge on any atom is 0.0991 e. The van der Waals surface area contributed by atoms with Crippen LogP contribution >= 0.6 is 0 Å². The molecule has 0 aliphatic carbocycles. The smallest absolute Gasteiger partial charge is 0.0991 e. The molecule has 0 aliphatic rings. The topological polar surface area (TPSA) is 46.9 Å². The minimum absolute atomic E-state index is 0.303. The Morgan fingerprint density at radius 1 is 1.35 bits per heavy atom. The number of nitrogens with zero attached hydrogens (tertiary/aromatic N) is 2. The maximum absolute atomic E-state index is 11.0. The summed E-state index contributed by atoms with van der Waals surface area (Å²) < 4.78 is 13.0. The third kappa shape index (κ3) is 4.28. The highest BCUT2D eigenvalue weighted by molar-refractivity contribution is 7.84. The highest BCUT2D eigenvalue weighted by Gasteiger charge is 2.05. The highest BCUT2D eigenvalue weighted by atomic mass is 32.2. The van der Waals surface area contributed by atoms with Gasteiger partial charge in [-0.3, -0.25) is 4.21 Å². The van der Waals surface area contributed by atoms with Crippen LogP contribution in [0, 0.1) is 0 Å². The first-order valence-corrected chi connectivity index (χ1v) is 8.51. The Kier molecular flexibility index (Phi) is 5.49. The predicted octanol–water partition coefficient (Wildman–Crippen LogP) is 2.29. The SMILES string of the molecule is CC(NCCCS(C)=O)c1ccc(-n2ccnc2)cc1. The lowest BCUT2D eigenvalue weighted by Gasteiger charge is -2.14. The fourth-order valence-corrected chi connectivity index (χ4v) is 2.61. The van der Waals surface area contributed by atoms with Gasteiger partial charge in [-0.2, -0.15) is 0 Å².